The molecule has 1 atom stereocenters. The quantitative estimate of drug-likeness (QED) is 0.802. The van der Waals surface area contributed by atoms with E-state index in [1.807, 2.05) is 12.1 Å². The van der Waals surface area contributed by atoms with Crippen LogP contribution in [0.15, 0.2) is 29.2 Å². The zero-order valence-electron chi connectivity index (χ0n) is 12.6. The van der Waals surface area contributed by atoms with Crippen molar-refractivity contribution in [2.75, 3.05) is 7.11 Å². The number of methoxy groups -OCH3 is 1. The zero-order chi connectivity index (χ0) is 15.6. The topological polar surface area (TPSA) is 60.4 Å². The molecule has 0 aliphatic heterocycles. The van der Waals surface area contributed by atoms with Gasteiger partial charge in [-0.3, -0.25) is 4.79 Å². The molecule has 0 heterocycles. The van der Waals surface area contributed by atoms with E-state index in [4.69, 9.17) is 0 Å². The lowest BCUT2D eigenvalue weighted by atomic mass is 9.87. The maximum Gasteiger partial charge on any atom is 0.306 e. The average Bonchev–Trinajstić information content (AvgIpc) is 2.37. The fourth-order valence-electron chi connectivity index (χ4n) is 1.80. The Morgan fingerprint density at radius 3 is 2.10 bits per heavy atom. The smallest absolute Gasteiger partial charge is 0.306 e. The van der Waals surface area contributed by atoms with Crippen molar-refractivity contribution in [3.63, 3.8) is 0 Å². The normalized spacial score (nSPS) is 13.8. The molecule has 1 rings (SSSR count). The van der Waals surface area contributed by atoms with Crippen molar-refractivity contribution in [2.24, 2.45) is 0 Å². The highest BCUT2D eigenvalue weighted by Gasteiger charge is 2.26. The summed E-state index contributed by atoms with van der Waals surface area (Å²) in [5, 5.41) is -0.796. The van der Waals surface area contributed by atoms with Crippen molar-refractivity contribution in [1.29, 1.82) is 0 Å². The SMILES string of the molecule is COC(=O)CC(C)S(=O)(=O)c1ccc(C(C)(C)C)cc1. The van der Waals surface area contributed by atoms with E-state index in [9.17, 15) is 13.2 Å². The standard InChI is InChI=1S/C15H22O4S/c1-11(10-14(16)19-5)20(17,18)13-8-6-12(7-9-13)15(2,3)4/h6-9,11H,10H2,1-5H3. The Kier molecular flexibility index (Phi) is 4.97. The molecule has 0 saturated carbocycles. The number of ether oxygens (including phenoxy) is 1. The number of sulfone groups is 1. The summed E-state index contributed by atoms with van der Waals surface area (Å²) >= 11 is 0. The lowest BCUT2D eigenvalue weighted by Crippen LogP contribution is -2.22. The second-order valence-corrected chi connectivity index (χ2v) is 8.28. The van der Waals surface area contributed by atoms with Gasteiger partial charge >= 0.3 is 5.97 Å². The van der Waals surface area contributed by atoms with Crippen molar-refractivity contribution in [3.8, 4) is 0 Å². The minimum absolute atomic E-state index is 0.0279. The molecule has 0 spiro atoms. The number of hydrogen-bond donors (Lipinski definition) is 0. The van der Waals surface area contributed by atoms with Gasteiger partial charge in [0.15, 0.2) is 9.84 Å². The summed E-state index contributed by atoms with van der Waals surface area (Å²) in [4.78, 5) is 11.4. The summed E-state index contributed by atoms with van der Waals surface area (Å²) in [6.45, 7) is 7.72. The van der Waals surface area contributed by atoms with Gasteiger partial charge in [-0.15, -0.1) is 0 Å². The largest absolute Gasteiger partial charge is 0.469 e. The highest BCUT2D eigenvalue weighted by molar-refractivity contribution is 7.92. The average molecular weight is 298 g/mol. The van der Waals surface area contributed by atoms with Gasteiger partial charge in [-0.1, -0.05) is 32.9 Å². The van der Waals surface area contributed by atoms with Gasteiger partial charge in [-0.2, -0.15) is 0 Å². The van der Waals surface area contributed by atoms with E-state index in [2.05, 4.69) is 25.5 Å². The monoisotopic (exact) mass is 298 g/mol. The molecule has 0 saturated heterocycles. The molecule has 0 amide bonds. The van der Waals surface area contributed by atoms with Gasteiger partial charge < -0.3 is 4.74 Å². The number of hydrogen-bond acceptors (Lipinski definition) is 4. The molecule has 0 bridgehead atoms. The molecule has 1 aromatic carbocycles. The van der Waals surface area contributed by atoms with Crippen LogP contribution in [0.1, 0.15) is 39.7 Å². The van der Waals surface area contributed by atoms with Gasteiger partial charge in [-0.05, 0) is 30.0 Å². The second-order valence-electron chi connectivity index (χ2n) is 5.91. The molecular weight excluding hydrogens is 276 g/mol. The van der Waals surface area contributed by atoms with Crippen molar-refractivity contribution < 1.29 is 17.9 Å². The third-order valence-corrected chi connectivity index (χ3v) is 5.42. The lowest BCUT2D eigenvalue weighted by Gasteiger charge is -2.19. The molecule has 4 nitrogen and oxygen atoms in total. The predicted octanol–water partition coefficient (Wildman–Crippen LogP) is 2.71. The molecule has 0 aliphatic carbocycles. The molecule has 0 radical (unpaired) electrons. The maximum atomic E-state index is 12.3. The van der Waals surface area contributed by atoms with Crippen LogP contribution in [-0.2, 0) is 24.8 Å². The van der Waals surface area contributed by atoms with Crippen LogP contribution < -0.4 is 0 Å². The van der Waals surface area contributed by atoms with Gasteiger partial charge in [0.05, 0.1) is 23.7 Å². The fraction of sp³-hybridized carbons (Fsp3) is 0.533. The molecule has 1 aromatic rings. The minimum Gasteiger partial charge on any atom is -0.469 e. The Labute approximate surface area is 121 Å². The van der Waals surface area contributed by atoms with E-state index >= 15 is 0 Å². The molecule has 0 fully saturated rings. The first kappa shape index (κ1) is 16.7. The third-order valence-electron chi connectivity index (χ3n) is 3.26. The van der Waals surface area contributed by atoms with E-state index in [0.717, 1.165) is 5.56 Å². The summed E-state index contributed by atoms with van der Waals surface area (Å²) in [6, 6.07) is 6.84. The summed E-state index contributed by atoms with van der Waals surface area (Å²) in [5.41, 5.74) is 1.04. The first-order valence-corrected chi connectivity index (χ1v) is 8.05. The Hall–Kier alpha value is -1.36. The van der Waals surface area contributed by atoms with Crippen LogP contribution >= 0.6 is 0 Å². The molecule has 0 aromatic heterocycles. The van der Waals surface area contributed by atoms with Gasteiger partial charge in [0, 0.05) is 0 Å². The van der Waals surface area contributed by atoms with Gasteiger partial charge in [0.25, 0.3) is 0 Å². The fourth-order valence-corrected chi connectivity index (χ4v) is 3.14. The van der Waals surface area contributed by atoms with Gasteiger partial charge in [0.1, 0.15) is 0 Å². The van der Waals surface area contributed by atoms with E-state index in [0.29, 0.717) is 0 Å². The molecule has 0 N–H and O–H groups in total. The van der Waals surface area contributed by atoms with Crippen LogP contribution in [0.4, 0.5) is 0 Å². The molecular formula is C15H22O4S. The number of carbonyl (C=O) groups excluding carboxylic acids is 1. The summed E-state index contributed by atoms with van der Waals surface area (Å²) in [6.07, 6.45) is -0.139. The van der Waals surface area contributed by atoms with Crippen molar-refractivity contribution >= 4 is 15.8 Å². The van der Waals surface area contributed by atoms with Crippen molar-refractivity contribution in [2.45, 2.75) is 49.7 Å². The number of carbonyl (C=O) groups is 1. The number of esters is 1. The highest BCUT2D eigenvalue weighted by atomic mass is 32.2. The number of rotatable bonds is 4. The van der Waals surface area contributed by atoms with Gasteiger partial charge in [0.2, 0.25) is 0 Å². The zero-order valence-corrected chi connectivity index (χ0v) is 13.5. The Morgan fingerprint density at radius 2 is 1.70 bits per heavy atom. The Balaban J connectivity index is 3.02. The minimum atomic E-state index is -3.51. The Bertz CT molecular complexity index is 565. The van der Waals surface area contributed by atoms with Crippen LogP contribution in [-0.4, -0.2) is 26.7 Å². The highest BCUT2D eigenvalue weighted by Crippen LogP contribution is 2.25. The van der Waals surface area contributed by atoms with Crippen LogP contribution in [0.3, 0.4) is 0 Å². The van der Waals surface area contributed by atoms with Crippen LogP contribution in [0, 0.1) is 0 Å². The lowest BCUT2D eigenvalue weighted by molar-refractivity contribution is -0.140. The molecule has 112 valence electrons. The molecule has 1 unspecified atom stereocenters. The summed E-state index contributed by atoms with van der Waals surface area (Å²) < 4.78 is 29.2. The first-order valence-electron chi connectivity index (χ1n) is 6.50. The summed E-state index contributed by atoms with van der Waals surface area (Å²) in [7, 11) is -2.26. The van der Waals surface area contributed by atoms with Crippen molar-refractivity contribution in [1.82, 2.24) is 0 Å². The van der Waals surface area contributed by atoms with Crippen LogP contribution in [0.5, 0.6) is 0 Å². The van der Waals surface area contributed by atoms with Crippen molar-refractivity contribution in [3.05, 3.63) is 29.8 Å². The third kappa shape index (κ3) is 3.82. The second kappa shape index (κ2) is 5.95. The predicted molar refractivity (Wildman–Crippen MR) is 78.4 cm³/mol. The van der Waals surface area contributed by atoms with E-state index < -0.39 is 21.1 Å². The van der Waals surface area contributed by atoms with E-state index in [-0.39, 0.29) is 16.7 Å². The maximum absolute atomic E-state index is 12.3. The van der Waals surface area contributed by atoms with Crippen LogP contribution in [0.25, 0.3) is 0 Å². The van der Waals surface area contributed by atoms with E-state index in [1.165, 1.54) is 14.0 Å². The van der Waals surface area contributed by atoms with E-state index in [1.54, 1.807) is 12.1 Å². The van der Waals surface area contributed by atoms with Crippen LogP contribution in [0.2, 0.25) is 0 Å². The van der Waals surface area contributed by atoms with Gasteiger partial charge in [-0.25, -0.2) is 8.42 Å². The molecule has 20 heavy (non-hydrogen) atoms. The Morgan fingerprint density at radius 1 is 1.20 bits per heavy atom. The first-order chi connectivity index (χ1) is 9.09. The summed E-state index contributed by atoms with van der Waals surface area (Å²) in [5.74, 6) is -0.521. The molecule has 5 heteroatoms. The number of benzene rings is 1. The molecule has 0 aliphatic rings.